The van der Waals surface area contributed by atoms with E-state index in [1.807, 2.05) is 6.07 Å². The molecule has 0 radical (unpaired) electrons. The summed E-state index contributed by atoms with van der Waals surface area (Å²) in [6.45, 7) is 0.0522. The van der Waals surface area contributed by atoms with Crippen LogP contribution in [0.2, 0.25) is 5.02 Å². The maximum Gasteiger partial charge on any atom is 0.255 e. The predicted molar refractivity (Wildman–Crippen MR) is 109 cm³/mol. The van der Waals surface area contributed by atoms with Crippen LogP contribution in [0.3, 0.4) is 0 Å². The molecule has 0 saturated carbocycles. The van der Waals surface area contributed by atoms with Crippen molar-refractivity contribution in [1.29, 1.82) is 0 Å². The normalized spacial score (nSPS) is 16.0. The van der Waals surface area contributed by atoms with E-state index in [9.17, 15) is 13.6 Å². The van der Waals surface area contributed by atoms with Crippen molar-refractivity contribution < 1.29 is 13.6 Å². The number of hydrogen-bond donors (Lipinski definition) is 1. The van der Waals surface area contributed by atoms with E-state index in [1.54, 1.807) is 29.1 Å². The zero-order valence-corrected chi connectivity index (χ0v) is 16.9. The number of amides is 1. The topological polar surface area (TPSA) is 92.6 Å². The summed E-state index contributed by atoms with van der Waals surface area (Å²) in [5, 5.41) is 12.2. The van der Waals surface area contributed by atoms with Gasteiger partial charge in [-0.25, -0.2) is 23.4 Å². The molecule has 3 aromatic heterocycles. The van der Waals surface area contributed by atoms with Crippen molar-refractivity contribution in [3.8, 4) is 17.1 Å². The lowest BCUT2D eigenvalue weighted by atomic mass is 10.1. The Kier molecular flexibility index (Phi) is 4.66. The average molecular weight is 444 g/mol. The number of fused-ring (bicyclic) bond motifs is 1. The molecule has 0 unspecified atom stereocenters. The molecule has 4 aromatic rings. The minimum Gasteiger partial charge on any atom is -0.338 e. The number of nitrogens with one attached hydrogen (secondary N) is 1. The number of aromatic nitrogens is 6. The number of alkyl halides is 2. The minimum atomic E-state index is -2.71. The average Bonchev–Trinajstić information content (AvgIpc) is 3.43. The van der Waals surface area contributed by atoms with Gasteiger partial charge in [-0.1, -0.05) is 11.6 Å². The third-order valence-corrected chi connectivity index (χ3v) is 5.63. The fraction of sp³-hybridized carbons (Fsp3) is 0.250. The van der Waals surface area contributed by atoms with Crippen molar-refractivity contribution >= 4 is 28.5 Å². The zero-order valence-electron chi connectivity index (χ0n) is 16.1. The molecule has 1 aliphatic heterocycles. The van der Waals surface area contributed by atoms with Gasteiger partial charge in [0.15, 0.2) is 11.5 Å². The Morgan fingerprint density at radius 2 is 1.94 bits per heavy atom. The fourth-order valence-electron chi connectivity index (χ4n) is 3.61. The number of nitrogens with zero attached hydrogens (tertiary/aromatic N) is 6. The van der Waals surface area contributed by atoms with Gasteiger partial charge in [0.2, 0.25) is 0 Å². The molecule has 158 valence electrons. The van der Waals surface area contributed by atoms with E-state index >= 15 is 0 Å². The Bertz CT molecular complexity index is 1260. The number of halogens is 3. The summed E-state index contributed by atoms with van der Waals surface area (Å²) in [5.74, 6) is -2.49. The number of piperidine rings is 1. The largest absolute Gasteiger partial charge is 0.338 e. The summed E-state index contributed by atoms with van der Waals surface area (Å²) in [7, 11) is 0. The second-order valence-corrected chi connectivity index (χ2v) is 7.75. The molecule has 4 heterocycles. The summed E-state index contributed by atoms with van der Waals surface area (Å²) >= 11 is 6.29. The first-order valence-corrected chi connectivity index (χ1v) is 9.96. The lowest BCUT2D eigenvalue weighted by molar-refractivity contribution is -0.0494. The van der Waals surface area contributed by atoms with Gasteiger partial charge in [0.1, 0.15) is 6.33 Å². The van der Waals surface area contributed by atoms with Gasteiger partial charge in [-0.15, -0.1) is 0 Å². The van der Waals surface area contributed by atoms with Gasteiger partial charge in [0.25, 0.3) is 11.8 Å². The van der Waals surface area contributed by atoms with Gasteiger partial charge in [-0.3, -0.25) is 9.89 Å². The van der Waals surface area contributed by atoms with Crippen molar-refractivity contribution in [2.24, 2.45) is 0 Å². The molecule has 0 bridgehead atoms. The maximum absolute atomic E-state index is 13.4. The molecule has 31 heavy (non-hydrogen) atoms. The van der Waals surface area contributed by atoms with E-state index in [-0.39, 0.29) is 31.8 Å². The second kappa shape index (κ2) is 7.38. The summed E-state index contributed by atoms with van der Waals surface area (Å²) in [4.78, 5) is 22.7. The van der Waals surface area contributed by atoms with E-state index in [2.05, 4.69) is 25.3 Å². The second-order valence-electron chi connectivity index (χ2n) is 7.34. The first-order valence-electron chi connectivity index (χ1n) is 9.58. The zero-order chi connectivity index (χ0) is 21.6. The fourth-order valence-corrected chi connectivity index (χ4v) is 3.82. The minimum absolute atomic E-state index is 0.0261. The lowest BCUT2D eigenvalue weighted by Gasteiger charge is -2.31. The maximum atomic E-state index is 13.4. The SMILES string of the molecule is O=C(c1cnc2c(cnn2-c2ccc(Cl)c(-c3ncn[nH]3)c2)c1)N1CCC(F)(F)CC1. The predicted octanol–water partition coefficient (Wildman–Crippen LogP) is 3.73. The Balaban J connectivity index is 1.45. The number of hydrogen-bond acceptors (Lipinski definition) is 5. The van der Waals surface area contributed by atoms with Crippen molar-refractivity contribution in [3.05, 3.63) is 53.6 Å². The summed E-state index contributed by atoms with van der Waals surface area (Å²) in [6, 6.07) is 7.01. The van der Waals surface area contributed by atoms with E-state index in [4.69, 9.17) is 11.6 Å². The summed E-state index contributed by atoms with van der Waals surface area (Å²) in [6.07, 6.45) is 3.80. The molecule has 1 aromatic carbocycles. The Hall–Kier alpha value is -3.40. The molecule has 11 heteroatoms. The van der Waals surface area contributed by atoms with E-state index in [0.29, 0.717) is 38.7 Å². The molecule has 1 amide bonds. The number of aromatic amines is 1. The standard InChI is InChI=1S/C20H16ClF2N7O/c21-16-2-1-14(8-15(16)17-25-11-26-28-17)30-18-12(10-27-30)7-13(9-24-18)19(31)29-5-3-20(22,23)4-6-29/h1-2,7-11H,3-6H2,(H,25,26,28). The van der Waals surface area contributed by atoms with Crippen LogP contribution in [0.25, 0.3) is 28.1 Å². The molecule has 1 N–H and O–H groups in total. The summed E-state index contributed by atoms with van der Waals surface area (Å²) < 4.78 is 28.4. The Morgan fingerprint density at radius 1 is 1.13 bits per heavy atom. The van der Waals surface area contributed by atoms with Crippen LogP contribution in [0.1, 0.15) is 23.2 Å². The number of likely N-dealkylation sites (tertiary alicyclic amines) is 1. The number of H-pyrrole nitrogens is 1. The van der Waals surface area contributed by atoms with Crippen LogP contribution in [-0.4, -0.2) is 59.8 Å². The number of benzene rings is 1. The van der Waals surface area contributed by atoms with Gasteiger partial charge in [0, 0.05) is 43.1 Å². The van der Waals surface area contributed by atoms with Crippen LogP contribution < -0.4 is 0 Å². The Morgan fingerprint density at radius 3 is 2.68 bits per heavy atom. The van der Waals surface area contributed by atoms with Crippen molar-refractivity contribution in [3.63, 3.8) is 0 Å². The summed E-state index contributed by atoms with van der Waals surface area (Å²) in [5.41, 5.74) is 2.26. The number of carbonyl (C=O) groups is 1. The van der Waals surface area contributed by atoms with E-state index in [0.717, 1.165) is 0 Å². The van der Waals surface area contributed by atoms with Gasteiger partial charge >= 0.3 is 0 Å². The first-order chi connectivity index (χ1) is 14.9. The van der Waals surface area contributed by atoms with Gasteiger partial charge < -0.3 is 4.90 Å². The first kappa shape index (κ1) is 19.6. The molecular weight excluding hydrogens is 428 g/mol. The molecular formula is C20H16ClF2N7O. The number of rotatable bonds is 3. The third-order valence-electron chi connectivity index (χ3n) is 5.30. The molecule has 8 nitrogen and oxygen atoms in total. The number of carbonyl (C=O) groups excluding carboxylic acids is 1. The van der Waals surface area contributed by atoms with Crippen molar-refractivity contribution in [1.82, 2.24) is 34.8 Å². The van der Waals surface area contributed by atoms with E-state index in [1.165, 1.54) is 17.4 Å². The van der Waals surface area contributed by atoms with Crippen LogP contribution in [0.5, 0.6) is 0 Å². The van der Waals surface area contributed by atoms with Crippen LogP contribution in [0, 0.1) is 0 Å². The molecule has 1 saturated heterocycles. The lowest BCUT2D eigenvalue weighted by Crippen LogP contribution is -2.42. The quantitative estimate of drug-likeness (QED) is 0.521. The van der Waals surface area contributed by atoms with Crippen molar-refractivity contribution in [2.75, 3.05) is 13.1 Å². The molecule has 5 rings (SSSR count). The van der Waals surface area contributed by atoms with E-state index < -0.39 is 5.92 Å². The van der Waals surface area contributed by atoms with Gasteiger partial charge in [-0.05, 0) is 24.3 Å². The molecule has 1 fully saturated rings. The van der Waals surface area contributed by atoms with Crippen molar-refractivity contribution in [2.45, 2.75) is 18.8 Å². The van der Waals surface area contributed by atoms with Crippen LogP contribution in [-0.2, 0) is 0 Å². The monoisotopic (exact) mass is 443 g/mol. The smallest absolute Gasteiger partial charge is 0.255 e. The van der Waals surface area contributed by atoms with Crippen LogP contribution in [0.15, 0.2) is 43.0 Å². The number of pyridine rings is 1. The Labute approximate surface area is 179 Å². The third kappa shape index (κ3) is 3.63. The van der Waals surface area contributed by atoms with Gasteiger partial charge in [0.05, 0.1) is 22.5 Å². The molecule has 0 spiro atoms. The highest BCUT2D eigenvalue weighted by molar-refractivity contribution is 6.33. The highest BCUT2D eigenvalue weighted by Gasteiger charge is 2.35. The highest BCUT2D eigenvalue weighted by Crippen LogP contribution is 2.30. The van der Waals surface area contributed by atoms with Crippen LogP contribution in [0.4, 0.5) is 8.78 Å². The molecule has 1 aliphatic rings. The van der Waals surface area contributed by atoms with Crippen LogP contribution >= 0.6 is 11.6 Å². The molecule has 0 aliphatic carbocycles. The highest BCUT2D eigenvalue weighted by atomic mass is 35.5. The molecule has 0 atom stereocenters. The van der Waals surface area contributed by atoms with Gasteiger partial charge in [-0.2, -0.15) is 10.2 Å².